The molecule has 2 aliphatic rings. The first kappa shape index (κ1) is 20.6. The van der Waals surface area contributed by atoms with Crippen LogP contribution in [0.15, 0.2) is 52.5 Å². The third kappa shape index (κ3) is 4.27. The minimum absolute atomic E-state index is 0.361. The number of carbonyl (C=O) groups is 1. The summed E-state index contributed by atoms with van der Waals surface area (Å²) in [6.45, 7) is 1.48. The first-order valence-corrected chi connectivity index (χ1v) is 9.91. The number of thioether (sulfide) groups is 1. The highest BCUT2D eigenvalue weighted by Crippen LogP contribution is 2.45. The van der Waals surface area contributed by atoms with Gasteiger partial charge in [-0.15, -0.1) is 24.9 Å². The van der Waals surface area contributed by atoms with Crippen LogP contribution in [0.5, 0.6) is 5.75 Å². The van der Waals surface area contributed by atoms with Gasteiger partial charge in [-0.2, -0.15) is 0 Å². The van der Waals surface area contributed by atoms with Crippen LogP contribution >= 0.6 is 11.8 Å². The standard InChI is InChI=1S/C19H17F3N4O3S/c1-10(27)25-26-15(12-4-2-3-7-23-12)9-14-17(18(26)28)30-16-8-11(29-19(20,21)22)5-6-13(16)24-14/h2-8,10,15,17,25,27H,9H2,1H3. The van der Waals surface area contributed by atoms with Crippen molar-refractivity contribution in [3.05, 3.63) is 48.3 Å². The fourth-order valence-corrected chi connectivity index (χ4v) is 4.54. The molecule has 2 aromatic rings. The van der Waals surface area contributed by atoms with Gasteiger partial charge in [0.2, 0.25) is 0 Å². The van der Waals surface area contributed by atoms with Crippen molar-refractivity contribution >= 4 is 29.1 Å². The van der Waals surface area contributed by atoms with E-state index in [1.54, 1.807) is 24.4 Å². The number of alkyl halides is 3. The molecule has 3 atom stereocenters. The second-order valence-electron chi connectivity index (χ2n) is 6.77. The minimum atomic E-state index is -4.81. The number of nitrogens with zero attached hydrogens (tertiary/aromatic N) is 3. The number of aromatic nitrogens is 1. The molecule has 3 unspecified atom stereocenters. The summed E-state index contributed by atoms with van der Waals surface area (Å²) >= 11 is 1.11. The number of rotatable bonds is 4. The van der Waals surface area contributed by atoms with Gasteiger partial charge in [0.15, 0.2) is 0 Å². The number of piperidine rings is 1. The van der Waals surface area contributed by atoms with Crippen LogP contribution in [0.2, 0.25) is 0 Å². The van der Waals surface area contributed by atoms with Crippen molar-refractivity contribution in [1.82, 2.24) is 15.4 Å². The number of fused-ring (bicyclic) bond motifs is 2. The van der Waals surface area contributed by atoms with E-state index in [-0.39, 0.29) is 11.7 Å². The predicted octanol–water partition coefficient (Wildman–Crippen LogP) is 3.34. The van der Waals surface area contributed by atoms with Crippen LogP contribution in [0.4, 0.5) is 18.9 Å². The van der Waals surface area contributed by atoms with Crippen molar-refractivity contribution in [3.8, 4) is 5.75 Å². The summed E-state index contributed by atoms with van der Waals surface area (Å²) in [6.07, 6.45) is -3.83. The number of amides is 1. The van der Waals surface area contributed by atoms with Gasteiger partial charge in [-0.1, -0.05) is 6.07 Å². The maximum Gasteiger partial charge on any atom is 0.573 e. The molecule has 4 rings (SSSR count). The highest BCUT2D eigenvalue weighted by atomic mass is 32.2. The molecule has 2 aliphatic heterocycles. The van der Waals surface area contributed by atoms with Gasteiger partial charge in [0.25, 0.3) is 5.91 Å². The van der Waals surface area contributed by atoms with Crippen molar-refractivity contribution in [3.63, 3.8) is 0 Å². The quantitative estimate of drug-likeness (QED) is 0.712. The van der Waals surface area contributed by atoms with Gasteiger partial charge in [-0.3, -0.25) is 19.8 Å². The van der Waals surface area contributed by atoms with E-state index in [9.17, 15) is 23.1 Å². The minimum Gasteiger partial charge on any atom is -0.406 e. The smallest absolute Gasteiger partial charge is 0.406 e. The first-order valence-electron chi connectivity index (χ1n) is 9.03. The van der Waals surface area contributed by atoms with Crippen LogP contribution in [0.25, 0.3) is 0 Å². The molecule has 0 aliphatic carbocycles. The maximum absolute atomic E-state index is 13.2. The molecule has 0 saturated carbocycles. The number of hydrogen-bond acceptors (Lipinski definition) is 7. The third-order valence-electron chi connectivity index (χ3n) is 4.51. The second kappa shape index (κ2) is 7.89. The SMILES string of the molecule is CC(O)NN1C(=O)C2Sc3cc(OC(F)(F)F)ccc3N=C2CC1c1ccccn1. The van der Waals surface area contributed by atoms with Gasteiger partial charge >= 0.3 is 6.36 Å². The molecule has 0 bridgehead atoms. The lowest BCUT2D eigenvalue weighted by molar-refractivity contribution is -0.274. The van der Waals surface area contributed by atoms with Crippen molar-refractivity contribution in [2.24, 2.45) is 4.99 Å². The van der Waals surface area contributed by atoms with Gasteiger partial charge in [-0.05, 0) is 37.3 Å². The number of aliphatic hydroxyl groups excluding tert-OH is 1. The fraction of sp³-hybridized carbons (Fsp3) is 0.316. The molecule has 1 aromatic carbocycles. The molecule has 30 heavy (non-hydrogen) atoms. The first-order chi connectivity index (χ1) is 14.2. The van der Waals surface area contributed by atoms with E-state index >= 15 is 0 Å². The Bertz CT molecular complexity index is 985. The Labute approximate surface area is 173 Å². The average Bonchev–Trinajstić information content (AvgIpc) is 2.68. The van der Waals surface area contributed by atoms with E-state index in [1.165, 1.54) is 30.1 Å². The van der Waals surface area contributed by atoms with Crippen LogP contribution in [-0.2, 0) is 4.79 Å². The molecule has 11 heteroatoms. The van der Waals surface area contributed by atoms with E-state index in [4.69, 9.17) is 0 Å². The Morgan fingerprint density at radius 3 is 2.80 bits per heavy atom. The number of aliphatic imine (C=N–C) groups is 1. The van der Waals surface area contributed by atoms with E-state index in [2.05, 4.69) is 20.1 Å². The van der Waals surface area contributed by atoms with E-state index < -0.39 is 23.9 Å². The Morgan fingerprint density at radius 2 is 2.13 bits per heavy atom. The van der Waals surface area contributed by atoms with E-state index in [1.807, 2.05) is 0 Å². The summed E-state index contributed by atoms with van der Waals surface area (Å²) < 4.78 is 41.5. The predicted molar refractivity (Wildman–Crippen MR) is 103 cm³/mol. The normalized spacial score (nSPS) is 22.1. The maximum atomic E-state index is 13.2. The Morgan fingerprint density at radius 1 is 1.33 bits per heavy atom. The molecule has 2 N–H and O–H groups in total. The number of aliphatic hydroxyl groups is 1. The van der Waals surface area contributed by atoms with E-state index in [0.717, 1.165) is 11.8 Å². The number of benzene rings is 1. The topological polar surface area (TPSA) is 87.0 Å². The molecule has 1 aromatic heterocycles. The Kier molecular flexibility index (Phi) is 5.43. The number of halogens is 3. The fourth-order valence-electron chi connectivity index (χ4n) is 3.37. The average molecular weight is 438 g/mol. The second-order valence-corrected chi connectivity index (χ2v) is 7.91. The third-order valence-corrected chi connectivity index (χ3v) is 5.80. The number of pyridine rings is 1. The molecular weight excluding hydrogens is 421 g/mol. The molecule has 0 spiro atoms. The van der Waals surface area contributed by atoms with Crippen LogP contribution in [0.3, 0.4) is 0 Å². The van der Waals surface area contributed by atoms with Crippen molar-refractivity contribution < 1.29 is 27.8 Å². The Balaban J connectivity index is 1.69. The largest absolute Gasteiger partial charge is 0.573 e. The van der Waals surface area contributed by atoms with Gasteiger partial charge in [0, 0.05) is 23.2 Å². The lowest BCUT2D eigenvalue weighted by Gasteiger charge is -2.41. The number of ether oxygens (including phenoxy) is 1. The molecule has 1 amide bonds. The summed E-state index contributed by atoms with van der Waals surface area (Å²) in [5.74, 6) is -0.740. The molecule has 7 nitrogen and oxygen atoms in total. The number of hydrogen-bond donors (Lipinski definition) is 2. The summed E-state index contributed by atoms with van der Waals surface area (Å²) in [7, 11) is 0. The van der Waals surface area contributed by atoms with Crippen LogP contribution < -0.4 is 10.2 Å². The number of nitrogens with one attached hydrogen (secondary N) is 1. The lowest BCUT2D eigenvalue weighted by Crippen LogP contribution is -2.57. The monoisotopic (exact) mass is 438 g/mol. The molecule has 1 saturated heterocycles. The Hall–Kier alpha value is -2.63. The van der Waals surface area contributed by atoms with Gasteiger partial charge in [0.05, 0.1) is 17.4 Å². The van der Waals surface area contributed by atoms with Crippen molar-refractivity contribution in [2.45, 2.75) is 42.1 Å². The summed E-state index contributed by atoms with van der Waals surface area (Å²) in [5.41, 5.74) is 4.44. The zero-order valence-electron chi connectivity index (χ0n) is 15.6. The zero-order valence-corrected chi connectivity index (χ0v) is 16.4. The van der Waals surface area contributed by atoms with Crippen LogP contribution in [0.1, 0.15) is 25.1 Å². The van der Waals surface area contributed by atoms with Gasteiger partial charge < -0.3 is 9.84 Å². The van der Waals surface area contributed by atoms with Crippen LogP contribution in [0, 0.1) is 0 Å². The van der Waals surface area contributed by atoms with Gasteiger partial charge in [-0.25, -0.2) is 5.43 Å². The summed E-state index contributed by atoms with van der Waals surface area (Å²) in [5, 5.41) is 10.4. The highest BCUT2D eigenvalue weighted by Gasteiger charge is 2.44. The van der Waals surface area contributed by atoms with Crippen molar-refractivity contribution in [2.75, 3.05) is 0 Å². The van der Waals surface area contributed by atoms with Crippen LogP contribution in [-0.4, -0.2) is 44.6 Å². The zero-order chi connectivity index (χ0) is 21.5. The highest BCUT2D eigenvalue weighted by molar-refractivity contribution is 8.01. The van der Waals surface area contributed by atoms with E-state index in [0.29, 0.717) is 28.4 Å². The molecule has 0 radical (unpaired) electrons. The molecule has 3 heterocycles. The lowest BCUT2D eigenvalue weighted by atomic mass is 9.97. The van der Waals surface area contributed by atoms with Gasteiger partial charge in [0.1, 0.15) is 17.2 Å². The molecular formula is C19H17F3N4O3S. The van der Waals surface area contributed by atoms with Crippen molar-refractivity contribution in [1.29, 1.82) is 0 Å². The summed E-state index contributed by atoms with van der Waals surface area (Å²) in [6, 6.07) is 8.70. The number of hydrazine groups is 1. The molecule has 158 valence electrons. The molecule has 1 fully saturated rings. The number of carbonyl (C=O) groups excluding carboxylic acids is 1. The summed E-state index contributed by atoms with van der Waals surface area (Å²) in [4.78, 5) is 22.5.